The van der Waals surface area contributed by atoms with Crippen molar-refractivity contribution in [3.05, 3.63) is 68.4 Å². The van der Waals surface area contributed by atoms with Gasteiger partial charge in [-0.15, -0.1) is 0 Å². The fourth-order valence-corrected chi connectivity index (χ4v) is 2.60. The summed E-state index contributed by atoms with van der Waals surface area (Å²) in [6.07, 6.45) is 0. The van der Waals surface area contributed by atoms with Crippen molar-refractivity contribution < 1.29 is 9.18 Å². The van der Waals surface area contributed by atoms with Gasteiger partial charge in [-0.05, 0) is 45.8 Å². The van der Waals surface area contributed by atoms with Crippen LogP contribution in [0.25, 0.3) is 0 Å². The topological polar surface area (TPSA) is 20.3 Å². The molecule has 2 nitrogen and oxygen atoms in total. The minimum Gasteiger partial charge on any atom is -0.337 e. The van der Waals surface area contributed by atoms with Gasteiger partial charge >= 0.3 is 0 Å². The Kier molecular flexibility index (Phi) is 4.94. The van der Waals surface area contributed by atoms with Gasteiger partial charge in [-0.2, -0.15) is 0 Å². The van der Waals surface area contributed by atoms with Crippen molar-refractivity contribution in [3.8, 4) is 0 Å². The molecule has 0 fully saturated rings. The Bertz CT molecular complexity index is 608. The number of carbonyl (C=O) groups is 1. The van der Waals surface area contributed by atoms with Crippen LogP contribution in [-0.4, -0.2) is 17.9 Å². The Hall–Kier alpha value is -1.20. The zero-order chi connectivity index (χ0) is 14.7. The lowest BCUT2D eigenvalue weighted by molar-refractivity contribution is 0.0779. The van der Waals surface area contributed by atoms with Crippen LogP contribution in [0.4, 0.5) is 4.39 Å². The van der Waals surface area contributed by atoms with Gasteiger partial charge in [0.2, 0.25) is 0 Å². The number of rotatable bonds is 3. The number of nitrogens with zero attached hydrogens (tertiary/aromatic N) is 1. The number of benzene rings is 2. The molecule has 0 bridgehead atoms. The third kappa shape index (κ3) is 3.46. The first-order valence-electron chi connectivity index (χ1n) is 5.93. The van der Waals surface area contributed by atoms with Gasteiger partial charge in [0.1, 0.15) is 5.82 Å². The Morgan fingerprint density at radius 1 is 1.15 bits per heavy atom. The molecular formula is C15H12Br2FNO. The maximum Gasteiger partial charge on any atom is 0.258 e. The molecule has 0 aliphatic carbocycles. The van der Waals surface area contributed by atoms with Crippen molar-refractivity contribution >= 4 is 37.8 Å². The van der Waals surface area contributed by atoms with Gasteiger partial charge in [-0.25, -0.2) is 4.39 Å². The average Bonchev–Trinajstić information content (AvgIpc) is 2.41. The Labute approximate surface area is 133 Å². The molecule has 0 N–H and O–H groups in total. The Morgan fingerprint density at radius 3 is 2.40 bits per heavy atom. The normalized spacial score (nSPS) is 10.4. The largest absolute Gasteiger partial charge is 0.337 e. The van der Waals surface area contributed by atoms with Crippen LogP contribution in [0.3, 0.4) is 0 Å². The zero-order valence-electron chi connectivity index (χ0n) is 10.7. The van der Waals surface area contributed by atoms with Crippen molar-refractivity contribution in [2.45, 2.75) is 6.54 Å². The first-order valence-corrected chi connectivity index (χ1v) is 7.51. The highest BCUT2D eigenvalue weighted by Crippen LogP contribution is 2.22. The second-order valence-corrected chi connectivity index (χ2v) is 6.15. The molecule has 0 atom stereocenters. The standard InChI is InChI=1S/C15H12Br2FNO/c1-19(9-10-5-7-11(16)8-6-10)15(20)14-12(17)3-2-4-13(14)18/h2-8H,9H2,1H3. The van der Waals surface area contributed by atoms with Gasteiger partial charge in [0, 0.05) is 22.5 Å². The van der Waals surface area contributed by atoms with E-state index in [1.165, 1.54) is 11.0 Å². The lowest BCUT2D eigenvalue weighted by Crippen LogP contribution is -2.27. The first-order chi connectivity index (χ1) is 9.49. The van der Waals surface area contributed by atoms with Crippen LogP contribution in [0.15, 0.2) is 51.4 Å². The summed E-state index contributed by atoms with van der Waals surface area (Å²) in [5.41, 5.74) is 1.05. The van der Waals surface area contributed by atoms with Gasteiger partial charge in [0.25, 0.3) is 5.91 Å². The van der Waals surface area contributed by atoms with Crippen LogP contribution in [-0.2, 0) is 6.54 Å². The highest BCUT2D eigenvalue weighted by molar-refractivity contribution is 9.10. The SMILES string of the molecule is CN(Cc1ccc(Br)cc1)C(=O)c1c(F)cccc1Br. The molecule has 20 heavy (non-hydrogen) atoms. The second-order valence-electron chi connectivity index (χ2n) is 4.38. The van der Waals surface area contributed by atoms with Crippen LogP contribution < -0.4 is 0 Å². The molecule has 0 saturated carbocycles. The van der Waals surface area contributed by atoms with E-state index < -0.39 is 5.82 Å². The highest BCUT2D eigenvalue weighted by atomic mass is 79.9. The van der Waals surface area contributed by atoms with E-state index in [2.05, 4.69) is 31.9 Å². The number of hydrogen-bond acceptors (Lipinski definition) is 1. The van der Waals surface area contributed by atoms with Crippen LogP contribution in [0.1, 0.15) is 15.9 Å². The van der Waals surface area contributed by atoms with Gasteiger partial charge in [0.15, 0.2) is 0 Å². The number of halogens is 3. The third-order valence-electron chi connectivity index (χ3n) is 2.86. The van der Waals surface area contributed by atoms with Crippen LogP contribution in [0.5, 0.6) is 0 Å². The van der Waals surface area contributed by atoms with E-state index in [0.717, 1.165) is 10.0 Å². The van der Waals surface area contributed by atoms with Crippen molar-refractivity contribution in [1.82, 2.24) is 4.90 Å². The summed E-state index contributed by atoms with van der Waals surface area (Å²) in [5.74, 6) is -0.870. The van der Waals surface area contributed by atoms with Gasteiger partial charge < -0.3 is 4.90 Å². The lowest BCUT2D eigenvalue weighted by Gasteiger charge is -2.18. The molecule has 0 unspecified atom stereocenters. The van der Waals surface area contributed by atoms with E-state index in [4.69, 9.17) is 0 Å². The van der Waals surface area contributed by atoms with E-state index in [1.54, 1.807) is 19.2 Å². The van der Waals surface area contributed by atoms with Crippen LogP contribution >= 0.6 is 31.9 Å². The fourth-order valence-electron chi connectivity index (χ4n) is 1.83. The molecular weight excluding hydrogens is 389 g/mol. The van der Waals surface area contributed by atoms with Gasteiger partial charge in [-0.1, -0.05) is 34.1 Å². The number of carbonyl (C=O) groups excluding carboxylic acids is 1. The van der Waals surface area contributed by atoms with E-state index >= 15 is 0 Å². The molecule has 5 heteroatoms. The van der Waals surface area contributed by atoms with Crippen molar-refractivity contribution in [2.75, 3.05) is 7.05 Å². The molecule has 0 saturated heterocycles. The van der Waals surface area contributed by atoms with E-state index in [9.17, 15) is 9.18 Å². The maximum atomic E-state index is 13.8. The minimum atomic E-state index is -0.521. The summed E-state index contributed by atoms with van der Waals surface area (Å²) in [7, 11) is 1.66. The molecule has 0 aliphatic heterocycles. The molecule has 0 radical (unpaired) electrons. The van der Waals surface area contributed by atoms with Crippen LogP contribution in [0, 0.1) is 5.82 Å². The maximum absolute atomic E-state index is 13.8. The highest BCUT2D eigenvalue weighted by Gasteiger charge is 2.19. The van der Waals surface area contributed by atoms with Crippen molar-refractivity contribution in [1.29, 1.82) is 0 Å². The van der Waals surface area contributed by atoms with Crippen molar-refractivity contribution in [3.63, 3.8) is 0 Å². The molecule has 2 rings (SSSR count). The molecule has 0 aromatic heterocycles. The van der Waals surface area contributed by atoms with Crippen molar-refractivity contribution in [2.24, 2.45) is 0 Å². The van der Waals surface area contributed by atoms with E-state index in [0.29, 0.717) is 11.0 Å². The summed E-state index contributed by atoms with van der Waals surface area (Å²) in [4.78, 5) is 13.8. The summed E-state index contributed by atoms with van der Waals surface area (Å²) in [6.45, 7) is 0.423. The number of amides is 1. The predicted molar refractivity (Wildman–Crippen MR) is 84.0 cm³/mol. The number of hydrogen-bond donors (Lipinski definition) is 0. The Morgan fingerprint density at radius 2 is 1.80 bits per heavy atom. The quantitative estimate of drug-likeness (QED) is 0.735. The molecule has 0 aliphatic rings. The zero-order valence-corrected chi connectivity index (χ0v) is 13.9. The molecule has 1 amide bonds. The third-order valence-corrected chi connectivity index (χ3v) is 4.05. The molecule has 2 aromatic rings. The summed E-state index contributed by atoms with van der Waals surface area (Å²) in [6, 6.07) is 12.2. The molecule has 2 aromatic carbocycles. The molecule has 0 heterocycles. The summed E-state index contributed by atoms with van der Waals surface area (Å²) >= 11 is 6.58. The van der Waals surface area contributed by atoms with E-state index in [-0.39, 0.29) is 11.5 Å². The predicted octanol–water partition coefficient (Wildman–Crippen LogP) is 4.62. The summed E-state index contributed by atoms with van der Waals surface area (Å²) in [5, 5.41) is 0. The average molecular weight is 401 g/mol. The second kappa shape index (κ2) is 6.50. The first kappa shape index (κ1) is 15.2. The van der Waals surface area contributed by atoms with E-state index in [1.807, 2.05) is 24.3 Å². The summed E-state index contributed by atoms with van der Waals surface area (Å²) < 4.78 is 15.2. The monoisotopic (exact) mass is 399 g/mol. The van der Waals surface area contributed by atoms with Gasteiger partial charge in [-0.3, -0.25) is 4.79 Å². The molecule has 104 valence electrons. The fraction of sp³-hybridized carbons (Fsp3) is 0.133. The minimum absolute atomic E-state index is 0.0621. The Balaban J connectivity index is 2.18. The van der Waals surface area contributed by atoms with Gasteiger partial charge in [0.05, 0.1) is 5.56 Å². The lowest BCUT2D eigenvalue weighted by atomic mass is 10.1. The van der Waals surface area contributed by atoms with Crippen LogP contribution in [0.2, 0.25) is 0 Å². The molecule has 0 spiro atoms. The smallest absolute Gasteiger partial charge is 0.258 e.